The van der Waals surface area contributed by atoms with Crippen LogP contribution in [0.15, 0.2) is 27.1 Å². The van der Waals surface area contributed by atoms with Crippen LogP contribution >= 0.6 is 11.3 Å². The maximum Gasteiger partial charge on any atom is 0.191 e. The van der Waals surface area contributed by atoms with Gasteiger partial charge in [-0.15, -0.1) is 11.3 Å². The highest BCUT2D eigenvalue weighted by Crippen LogP contribution is 2.19. The average molecular weight is 319 g/mol. The molecule has 7 heteroatoms. The summed E-state index contributed by atoms with van der Waals surface area (Å²) in [5, 5.41) is 3.09. The maximum absolute atomic E-state index is 6.13. The summed E-state index contributed by atoms with van der Waals surface area (Å²) in [4.78, 5) is 13.3. The third-order valence-corrected chi connectivity index (χ3v) is 4.68. The molecule has 1 saturated heterocycles. The standard InChI is InChI=1S/C15H21N5OS/c1-11-9-13(12(2)21-11)10-18-14(16)19-4-6-20(7-5-19)15-17-3-8-22-15/h3,8-9H,4-7,10H2,1-2H3,(H2,16,18). The van der Waals surface area contributed by atoms with Gasteiger partial charge in [0.05, 0.1) is 6.54 Å². The Kier molecular flexibility index (Phi) is 4.33. The van der Waals surface area contributed by atoms with E-state index in [4.69, 9.17) is 10.2 Å². The topological polar surface area (TPSA) is 70.9 Å². The SMILES string of the molecule is Cc1cc(CN=C(N)N2CCN(c3nccs3)CC2)c(C)o1. The number of aryl methyl sites for hydroxylation is 2. The van der Waals surface area contributed by atoms with Gasteiger partial charge in [0.15, 0.2) is 11.1 Å². The van der Waals surface area contributed by atoms with Crippen LogP contribution in [0.4, 0.5) is 5.13 Å². The summed E-state index contributed by atoms with van der Waals surface area (Å²) in [5.41, 5.74) is 7.23. The largest absolute Gasteiger partial charge is 0.466 e. The Bertz CT molecular complexity index is 641. The molecule has 0 spiro atoms. The Balaban J connectivity index is 1.56. The number of hydrogen-bond acceptors (Lipinski definition) is 5. The maximum atomic E-state index is 6.13. The molecule has 6 nitrogen and oxygen atoms in total. The van der Waals surface area contributed by atoms with Gasteiger partial charge in [0.2, 0.25) is 0 Å². The number of hydrogen-bond donors (Lipinski definition) is 1. The third-order valence-electron chi connectivity index (χ3n) is 3.85. The first-order chi connectivity index (χ1) is 10.6. The molecular formula is C15H21N5OS. The van der Waals surface area contributed by atoms with E-state index in [-0.39, 0.29) is 0 Å². The summed E-state index contributed by atoms with van der Waals surface area (Å²) in [6.45, 7) is 8.07. The fraction of sp³-hybridized carbons (Fsp3) is 0.467. The zero-order chi connectivity index (χ0) is 15.5. The molecule has 1 fully saturated rings. The van der Waals surface area contributed by atoms with Crippen molar-refractivity contribution in [3.63, 3.8) is 0 Å². The normalized spacial score (nSPS) is 16.4. The molecule has 0 bridgehead atoms. The Hall–Kier alpha value is -2.02. The number of piperazine rings is 1. The van der Waals surface area contributed by atoms with E-state index in [9.17, 15) is 0 Å². The molecule has 0 amide bonds. The third kappa shape index (κ3) is 3.24. The van der Waals surface area contributed by atoms with Gasteiger partial charge in [0, 0.05) is 43.3 Å². The van der Waals surface area contributed by atoms with Gasteiger partial charge in [-0.3, -0.25) is 0 Å². The Morgan fingerprint density at radius 1 is 1.36 bits per heavy atom. The van der Waals surface area contributed by atoms with E-state index in [2.05, 4.69) is 19.8 Å². The van der Waals surface area contributed by atoms with Crippen molar-refractivity contribution >= 4 is 22.4 Å². The number of nitrogens with two attached hydrogens (primary N) is 1. The highest BCUT2D eigenvalue weighted by molar-refractivity contribution is 7.13. The minimum absolute atomic E-state index is 0.571. The van der Waals surface area contributed by atoms with Gasteiger partial charge in [-0.25, -0.2) is 9.98 Å². The minimum atomic E-state index is 0.571. The van der Waals surface area contributed by atoms with Gasteiger partial charge in [-0.1, -0.05) is 0 Å². The smallest absolute Gasteiger partial charge is 0.191 e. The summed E-state index contributed by atoms with van der Waals surface area (Å²) >= 11 is 1.67. The summed E-state index contributed by atoms with van der Waals surface area (Å²) in [6, 6.07) is 2.02. The monoisotopic (exact) mass is 319 g/mol. The van der Waals surface area contributed by atoms with Gasteiger partial charge in [0.1, 0.15) is 11.5 Å². The lowest BCUT2D eigenvalue weighted by atomic mass is 10.2. The molecule has 0 saturated carbocycles. The van der Waals surface area contributed by atoms with Crippen LogP contribution in [0.2, 0.25) is 0 Å². The van der Waals surface area contributed by atoms with Crippen molar-refractivity contribution in [2.75, 3.05) is 31.1 Å². The van der Waals surface area contributed by atoms with Crippen molar-refractivity contribution in [3.05, 3.63) is 34.7 Å². The molecule has 118 valence electrons. The van der Waals surface area contributed by atoms with Crippen molar-refractivity contribution < 1.29 is 4.42 Å². The summed E-state index contributed by atoms with van der Waals surface area (Å²) in [5.74, 6) is 2.44. The van der Waals surface area contributed by atoms with Crippen molar-refractivity contribution in [2.24, 2.45) is 10.7 Å². The van der Waals surface area contributed by atoms with E-state index in [1.807, 2.05) is 31.5 Å². The quantitative estimate of drug-likeness (QED) is 0.692. The fourth-order valence-electron chi connectivity index (χ4n) is 2.61. The van der Waals surface area contributed by atoms with Crippen LogP contribution in [-0.2, 0) is 6.54 Å². The van der Waals surface area contributed by atoms with Crippen LogP contribution in [0.25, 0.3) is 0 Å². The lowest BCUT2D eigenvalue weighted by Crippen LogP contribution is -2.51. The van der Waals surface area contributed by atoms with Gasteiger partial charge < -0.3 is 20.0 Å². The highest BCUT2D eigenvalue weighted by atomic mass is 32.1. The molecule has 2 N–H and O–H groups in total. The van der Waals surface area contributed by atoms with Gasteiger partial charge in [-0.05, 0) is 19.9 Å². The van der Waals surface area contributed by atoms with Crippen LogP contribution in [0.3, 0.4) is 0 Å². The van der Waals surface area contributed by atoms with E-state index >= 15 is 0 Å². The lowest BCUT2D eigenvalue weighted by Gasteiger charge is -2.35. The number of thiazole rings is 1. The van der Waals surface area contributed by atoms with Crippen LogP contribution in [-0.4, -0.2) is 42.0 Å². The van der Waals surface area contributed by atoms with Crippen LogP contribution in [0.5, 0.6) is 0 Å². The molecule has 0 aliphatic carbocycles. The number of guanidine groups is 1. The molecule has 0 unspecified atom stereocenters. The lowest BCUT2D eigenvalue weighted by molar-refractivity contribution is 0.380. The van der Waals surface area contributed by atoms with Gasteiger partial charge in [0.25, 0.3) is 0 Å². The van der Waals surface area contributed by atoms with Crippen LogP contribution in [0.1, 0.15) is 17.1 Å². The second kappa shape index (κ2) is 6.39. The van der Waals surface area contributed by atoms with E-state index in [0.717, 1.165) is 48.4 Å². The predicted octanol–water partition coefficient (Wildman–Crippen LogP) is 1.99. The summed E-state index contributed by atoms with van der Waals surface area (Å²) in [7, 11) is 0. The van der Waals surface area contributed by atoms with E-state index in [0.29, 0.717) is 12.5 Å². The number of aliphatic imine (C=N–C) groups is 1. The molecule has 1 aliphatic heterocycles. The number of furan rings is 1. The average Bonchev–Trinajstić information content (AvgIpc) is 3.15. The Labute approximate surface area is 134 Å². The van der Waals surface area contributed by atoms with Gasteiger partial charge >= 0.3 is 0 Å². The van der Waals surface area contributed by atoms with Crippen molar-refractivity contribution in [1.29, 1.82) is 0 Å². The number of nitrogens with zero attached hydrogens (tertiary/aromatic N) is 4. The van der Waals surface area contributed by atoms with Crippen LogP contribution < -0.4 is 10.6 Å². The zero-order valence-corrected chi connectivity index (χ0v) is 13.8. The number of aromatic nitrogens is 1. The predicted molar refractivity (Wildman–Crippen MR) is 89.4 cm³/mol. The van der Waals surface area contributed by atoms with E-state index in [1.165, 1.54) is 0 Å². The molecule has 0 atom stereocenters. The first kappa shape index (κ1) is 14.9. The van der Waals surface area contributed by atoms with E-state index in [1.54, 1.807) is 11.3 Å². The first-order valence-corrected chi connectivity index (χ1v) is 8.26. The number of rotatable bonds is 3. The highest BCUT2D eigenvalue weighted by Gasteiger charge is 2.19. The Morgan fingerprint density at radius 2 is 2.14 bits per heavy atom. The molecule has 3 rings (SSSR count). The Morgan fingerprint density at radius 3 is 2.73 bits per heavy atom. The molecule has 0 aromatic carbocycles. The minimum Gasteiger partial charge on any atom is -0.466 e. The van der Waals surface area contributed by atoms with Crippen molar-refractivity contribution in [2.45, 2.75) is 20.4 Å². The van der Waals surface area contributed by atoms with Crippen molar-refractivity contribution in [1.82, 2.24) is 9.88 Å². The molecule has 22 heavy (non-hydrogen) atoms. The fourth-order valence-corrected chi connectivity index (χ4v) is 3.30. The van der Waals surface area contributed by atoms with E-state index < -0.39 is 0 Å². The molecular weight excluding hydrogens is 298 g/mol. The summed E-state index contributed by atoms with van der Waals surface area (Å²) in [6.07, 6.45) is 1.84. The second-order valence-corrected chi connectivity index (χ2v) is 6.27. The molecule has 0 radical (unpaired) electrons. The van der Waals surface area contributed by atoms with Gasteiger partial charge in [-0.2, -0.15) is 0 Å². The molecule has 3 heterocycles. The van der Waals surface area contributed by atoms with Crippen LogP contribution in [0, 0.1) is 13.8 Å². The van der Waals surface area contributed by atoms with Crippen molar-refractivity contribution in [3.8, 4) is 0 Å². The second-order valence-electron chi connectivity index (χ2n) is 5.40. The molecule has 1 aliphatic rings. The number of anilines is 1. The molecule has 2 aromatic rings. The zero-order valence-electron chi connectivity index (χ0n) is 13.0. The first-order valence-electron chi connectivity index (χ1n) is 7.38. The summed E-state index contributed by atoms with van der Waals surface area (Å²) < 4.78 is 5.51. The molecule has 2 aromatic heterocycles.